The van der Waals surface area contributed by atoms with Crippen LogP contribution in [0.1, 0.15) is 12.0 Å². The number of hydrogen-bond donors (Lipinski definition) is 1. The Kier molecular flexibility index (Phi) is 8.27. The Morgan fingerprint density at radius 1 is 1.03 bits per heavy atom. The van der Waals surface area contributed by atoms with Crippen LogP contribution >= 0.6 is 46.7 Å². The van der Waals surface area contributed by atoms with Gasteiger partial charge >= 0.3 is 11.7 Å². The second-order valence-corrected chi connectivity index (χ2v) is 9.87. The van der Waals surface area contributed by atoms with E-state index in [1.807, 2.05) is 18.2 Å². The van der Waals surface area contributed by atoms with E-state index in [4.69, 9.17) is 29.0 Å². The third-order valence-corrected chi connectivity index (χ3v) is 7.04. The average molecular weight is 559 g/mol. The molecule has 1 heterocycles. The number of nitrogens with zero attached hydrogens (tertiary/aromatic N) is 3. The second kappa shape index (κ2) is 10.5. The van der Waals surface area contributed by atoms with Crippen LogP contribution in [0.4, 0.5) is 32.0 Å². The molecule has 2 aromatic rings. The fourth-order valence-corrected chi connectivity index (χ4v) is 5.54. The van der Waals surface area contributed by atoms with Crippen molar-refractivity contribution in [3.8, 4) is 6.07 Å². The number of anilines is 1. The molecule has 0 spiro atoms. The maximum atomic E-state index is 13.3. The lowest BCUT2D eigenvalue weighted by molar-refractivity contribution is -0.137. The van der Waals surface area contributed by atoms with E-state index in [1.54, 1.807) is 18.2 Å². The number of allylic oxidation sites excluding steroid dienone is 1. The molecule has 0 saturated carbocycles. The SMILES string of the molecule is N#CC1C(SC(F)(F)F)=C(CCSc2ccccc2)N(c2c(Cl)cc(C(F)(F)F)cc2Cl)N1N. The Morgan fingerprint density at radius 2 is 1.62 bits per heavy atom. The van der Waals surface area contributed by atoms with Crippen LogP contribution in [0.25, 0.3) is 0 Å². The van der Waals surface area contributed by atoms with Gasteiger partial charge in [0.05, 0.1) is 33.1 Å². The first-order valence-electron chi connectivity index (χ1n) is 9.30. The zero-order valence-electron chi connectivity index (χ0n) is 16.8. The minimum Gasteiger partial charge on any atom is -0.260 e. The van der Waals surface area contributed by atoms with Gasteiger partial charge in [0.2, 0.25) is 0 Å². The summed E-state index contributed by atoms with van der Waals surface area (Å²) in [7, 11) is 0. The number of alkyl halides is 6. The Balaban J connectivity index is 2.07. The molecule has 0 fully saturated rings. The number of thioether (sulfide) groups is 2. The molecule has 0 aliphatic carbocycles. The van der Waals surface area contributed by atoms with Gasteiger partial charge in [0.15, 0.2) is 6.04 Å². The van der Waals surface area contributed by atoms with Gasteiger partial charge in [0, 0.05) is 15.6 Å². The zero-order valence-corrected chi connectivity index (χ0v) is 19.9. The fourth-order valence-electron chi connectivity index (χ4n) is 3.19. The molecule has 0 aromatic heterocycles. The predicted molar refractivity (Wildman–Crippen MR) is 122 cm³/mol. The van der Waals surface area contributed by atoms with Gasteiger partial charge in [0.1, 0.15) is 0 Å². The van der Waals surface area contributed by atoms with Crippen LogP contribution in [0.3, 0.4) is 0 Å². The lowest BCUT2D eigenvalue weighted by Gasteiger charge is -2.31. The Morgan fingerprint density at radius 3 is 2.12 bits per heavy atom. The molecule has 2 aromatic carbocycles. The lowest BCUT2D eigenvalue weighted by Crippen LogP contribution is -2.48. The van der Waals surface area contributed by atoms with E-state index in [2.05, 4.69) is 0 Å². The molecule has 0 saturated heterocycles. The molecule has 34 heavy (non-hydrogen) atoms. The number of nitriles is 1. The molecular formula is C20H14Cl2F6N4S2. The maximum absolute atomic E-state index is 13.3. The molecule has 1 unspecified atom stereocenters. The molecule has 14 heteroatoms. The van der Waals surface area contributed by atoms with Crippen LogP contribution in [-0.2, 0) is 6.18 Å². The molecule has 0 radical (unpaired) electrons. The van der Waals surface area contributed by atoms with Crippen LogP contribution in [0.5, 0.6) is 0 Å². The minimum atomic E-state index is -4.75. The summed E-state index contributed by atoms with van der Waals surface area (Å²) in [4.78, 5) is 0.447. The maximum Gasteiger partial charge on any atom is 0.446 e. The van der Waals surface area contributed by atoms with Gasteiger partial charge in [-0.25, -0.2) is 5.84 Å². The standard InChI is InChI=1S/C20H14Cl2F6N4S2/c21-13-8-11(19(23,24)25)9-14(22)17(13)31-15(6-7-33-12-4-2-1-3-5-12)18(34-20(26,27)28)16(10-29)32(31)30/h1-5,8-9,16H,6-7,30H2. The van der Waals surface area contributed by atoms with Crippen LogP contribution in [0, 0.1) is 11.3 Å². The smallest absolute Gasteiger partial charge is 0.260 e. The zero-order chi connectivity index (χ0) is 25.3. The van der Waals surface area contributed by atoms with Crippen LogP contribution < -0.4 is 10.9 Å². The Hall–Kier alpha value is -1.75. The first kappa shape index (κ1) is 26.8. The second-order valence-electron chi connectivity index (χ2n) is 6.78. The van der Waals surface area contributed by atoms with Crippen molar-refractivity contribution in [1.29, 1.82) is 5.26 Å². The highest BCUT2D eigenvalue weighted by molar-refractivity contribution is 8.04. The highest BCUT2D eigenvalue weighted by Crippen LogP contribution is 2.50. The molecule has 0 bridgehead atoms. The van der Waals surface area contributed by atoms with E-state index >= 15 is 0 Å². The van der Waals surface area contributed by atoms with E-state index < -0.39 is 50.0 Å². The Labute approximate surface area is 209 Å². The van der Waals surface area contributed by atoms with Crippen molar-refractivity contribution in [3.05, 3.63) is 68.7 Å². The minimum absolute atomic E-state index is 0.0163. The first-order valence-corrected chi connectivity index (χ1v) is 11.9. The van der Waals surface area contributed by atoms with Crippen LogP contribution in [0.15, 0.2) is 58.0 Å². The normalized spacial score (nSPS) is 17.4. The van der Waals surface area contributed by atoms with Crippen molar-refractivity contribution in [2.45, 2.75) is 29.0 Å². The first-order chi connectivity index (χ1) is 15.8. The molecule has 1 aliphatic rings. The van der Waals surface area contributed by atoms with Crippen LogP contribution in [0.2, 0.25) is 10.0 Å². The summed E-state index contributed by atoms with van der Waals surface area (Å²) in [6.45, 7) is 0. The third-order valence-electron chi connectivity index (χ3n) is 4.54. The lowest BCUT2D eigenvalue weighted by atomic mass is 10.1. The van der Waals surface area contributed by atoms with Crippen molar-refractivity contribution in [1.82, 2.24) is 5.12 Å². The number of benzene rings is 2. The van der Waals surface area contributed by atoms with Gasteiger partial charge < -0.3 is 0 Å². The predicted octanol–water partition coefficient (Wildman–Crippen LogP) is 7.46. The largest absolute Gasteiger partial charge is 0.446 e. The monoisotopic (exact) mass is 558 g/mol. The molecule has 3 rings (SSSR count). The molecule has 1 aliphatic heterocycles. The third kappa shape index (κ3) is 6.08. The van der Waals surface area contributed by atoms with Crippen molar-refractivity contribution >= 4 is 52.4 Å². The van der Waals surface area contributed by atoms with Crippen molar-refractivity contribution in [3.63, 3.8) is 0 Å². The van der Waals surface area contributed by atoms with Crippen molar-refractivity contribution in [2.24, 2.45) is 5.84 Å². The van der Waals surface area contributed by atoms with E-state index in [0.717, 1.165) is 9.90 Å². The topological polar surface area (TPSA) is 56.3 Å². The van der Waals surface area contributed by atoms with Gasteiger partial charge in [-0.3, -0.25) is 5.01 Å². The molecule has 4 nitrogen and oxygen atoms in total. The summed E-state index contributed by atoms with van der Waals surface area (Å²) >= 11 is 13.0. The quantitative estimate of drug-likeness (QED) is 0.225. The molecule has 0 amide bonds. The van der Waals surface area contributed by atoms with E-state index in [1.165, 1.54) is 11.8 Å². The summed E-state index contributed by atoms with van der Waals surface area (Å²) in [5.41, 5.74) is -6.17. The van der Waals surface area contributed by atoms with Crippen molar-refractivity contribution in [2.75, 3.05) is 10.8 Å². The molecule has 182 valence electrons. The number of hydrogen-bond acceptors (Lipinski definition) is 6. The highest BCUT2D eigenvalue weighted by atomic mass is 35.5. The van der Waals surface area contributed by atoms with Gasteiger partial charge in [-0.1, -0.05) is 41.4 Å². The number of nitrogens with two attached hydrogens (primary N) is 1. The molecule has 2 N–H and O–H groups in total. The summed E-state index contributed by atoms with van der Waals surface area (Å²) in [6, 6.07) is 10.4. The molecule has 1 atom stereocenters. The van der Waals surface area contributed by atoms with Crippen molar-refractivity contribution < 1.29 is 26.3 Å². The van der Waals surface area contributed by atoms with Gasteiger partial charge in [-0.15, -0.1) is 16.9 Å². The summed E-state index contributed by atoms with van der Waals surface area (Å²) in [6.07, 6.45) is -4.77. The van der Waals surface area contributed by atoms with E-state index in [9.17, 15) is 31.6 Å². The van der Waals surface area contributed by atoms with Crippen LogP contribution in [-0.4, -0.2) is 22.4 Å². The van der Waals surface area contributed by atoms with E-state index in [0.29, 0.717) is 17.3 Å². The average Bonchev–Trinajstić information content (AvgIpc) is 2.97. The summed E-state index contributed by atoms with van der Waals surface area (Å²) in [5, 5.41) is 10.2. The van der Waals surface area contributed by atoms with E-state index in [-0.39, 0.29) is 23.6 Å². The summed E-state index contributed by atoms with van der Waals surface area (Å²) in [5.74, 6) is 6.26. The number of halogens is 8. The highest BCUT2D eigenvalue weighted by Gasteiger charge is 2.45. The number of hydrazine groups is 2. The van der Waals surface area contributed by atoms with Gasteiger partial charge in [-0.05, 0) is 42.4 Å². The Bertz CT molecular complexity index is 1100. The number of rotatable bonds is 6. The fraction of sp³-hybridized carbons (Fsp3) is 0.250. The van der Waals surface area contributed by atoms with Gasteiger partial charge in [-0.2, -0.15) is 31.6 Å². The molecular weight excluding hydrogens is 545 g/mol. The van der Waals surface area contributed by atoms with Gasteiger partial charge in [0.25, 0.3) is 0 Å². The summed E-state index contributed by atoms with van der Waals surface area (Å²) < 4.78 is 79.5.